The minimum absolute atomic E-state index is 0.403. The second kappa shape index (κ2) is 13.0. The highest BCUT2D eigenvalue weighted by Crippen LogP contribution is 2.37. The molecule has 0 fully saturated rings. The van der Waals surface area contributed by atoms with Crippen molar-refractivity contribution in [3.8, 4) is 11.5 Å². The molecule has 0 aromatic heterocycles. The molecular weight excluding hydrogens is 407 g/mol. The minimum atomic E-state index is 0.403. The molecule has 0 radical (unpaired) electrons. The van der Waals surface area contributed by atoms with Crippen LogP contribution < -0.4 is 14.8 Å². The van der Waals surface area contributed by atoms with Gasteiger partial charge in [0.2, 0.25) is 0 Å². The van der Waals surface area contributed by atoms with Crippen LogP contribution in [0.2, 0.25) is 10.0 Å². The van der Waals surface area contributed by atoms with Crippen molar-refractivity contribution in [3.05, 3.63) is 57.6 Å². The predicted octanol–water partition coefficient (Wildman–Crippen LogP) is 5.79. The Morgan fingerprint density at radius 3 is 2.31 bits per heavy atom. The number of hydrogen-bond acceptors (Lipinski definition) is 4. The maximum absolute atomic E-state index is 6.52. The molecule has 0 atom stereocenters. The zero-order chi connectivity index (χ0) is 21.1. The Labute approximate surface area is 185 Å². The molecule has 4 nitrogen and oxygen atoms in total. The highest BCUT2D eigenvalue weighted by molar-refractivity contribution is 6.32. The van der Waals surface area contributed by atoms with Crippen molar-refractivity contribution in [2.45, 2.75) is 40.3 Å². The fraction of sp³-hybridized carbons (Fsp3) is 0.478. The minimum Gasteiger partial charge on any atom is -0.490 e. The molecule has 2 aromatic carbocycles. The first-order chi connectivity index (χ1) is 14.1. The Morgan fingerprint density at radius 2 is 1.66 bits per heavy atom. The maximum atomic E-state index is 6.52. The summed E-state index contributed by atoms with van der Waals surface area (Å²) >= 11 is 12.5. The first-order valence-electron chi connectivity index (χ1n) is 10.3. The number of halogens is 2. The van der Waals surface area contributed by atoms with Gasteiger partial charge in [0.15, 0.2) is 11.5 Å². The number of rotatable bonds is 13. The largest absolute Gasteiger partial charge is 0.490 e. The van der Waals surface area contributed by atoms with Gasteiger partial charge in [-0.15, -0.1) is 0 Å². The van der Waals surface area contributed by atoms with Crippen LogP contribution in [-0.2, 0) is 13.2 Å². The van der Waals surface area contributed by atoms with Gasteiger partial charge in [-0.25, -0.2) is 0 Å². The van der Waals surface area contributed by atoms with Crippen molar-refractivity contribution >= 4 is 23.2 Å². The number of ether oxygens (including phenoxy) is 2. The van der Waals surface area contributed by atoms with E-state index in [2.05, 4.69) is 24.1 Å². The molecule has 0 unspecified atom stereocenters. The summed E-state index contributed by atoms with van der Waals surface area (Å²) in [6.45, 7) is 12.3. The highest BCUT2D eigenvalue weighted by Gasteiger charge is 2.13. The van der Waals surface area contributed by atoms with E-state index in [0.29, 0.717) is 34.8 Å². The molecule has 0 spiro atoms. The van der Waals surface area contributed by atoms with Crippen LogP contribution >= 0.6 is 23.2 Å². The van der Waals surface area contributed by atoms with E-state index in [4.69, 9.17) is 32.7 Å². The fourth-order valence-electron chi connectivity index (χ4n) is 3.06. The van der Waals surface area contributed by atoms with Gasteiger partial charge in [0, 0.05) is 11.6 Å². The van der Waals surface area contributed by atoms with E-state index >= 15 is 0 Å². The molecule has 0 aliphatic heterocycles. The van der Waals surface area contributed by atoms with Crippen LogP contribution in [0.4, 0.5) is 0 Å². The molecule has 0 amide bonds. The summed E-state index contributed by atoms with van der Waals surface area (Å²) in [6, 6.07) is 11.5. The van der Waals surface area contributed by atoms with Crippen LogP contribution in [0.15, 0.2) is 36.4 Å². The van der Waals surface area contributed by atoms with Gasteiger partial charge in [0.1, 0.15) is 6.61 Å². The van der Waals surface area contributed by atoms with E-state index in [0.717, 1.165) is 50.3 Å². The van der Waals surface area contributed by atoms with Crippen molar-refractivity contribution in [1.82, 2.24) is 10.2 Å². The molecule has 0 heterocycles. The van der Waals surface area contributed by atoms with Crippen molar-refractivity contribution in [2.24, 2.45) is 0 Å². The molecule has 29 heavy (non-hydrogen) atoms. The summed E-state index contributed by atoms with van der Waals surface area (Å²) in [6.07, 6.45) is 1.12. The van der Waals surface area contributed by atoms with Crippen LogP contribution in [0.3, 0.4) is 0 Å². The smallest absolute Gasteiger partial charge is 0.180 e. The maximum Gasteiger partial charge on any atom is 0.180 e. The topological polar surface area (TPSA) is 33.7 Å². The lowest BCUT2D eigenvalue weighted by Gasteiger charge is -2.18. The lowest BCUT2D eigenvalue weighted by Crippen LogP contribution is -2.27. The lowest BCUT2D eigenvalue weighted by molar-refractivity contribution is 0.269. The van der Waals surface area contributed by atoms with Crippen molar-refractivity contribution in [1.29, 1.82) is 0 Å². The molecule has 160 valence electrons. The normalized spacial score (nSPS) is 11.1. The Hall–Kier alpha value is -1.46. The van der Waals surface area contributed by atoms with E-state index in [9.17, 15) is 0 Å². The Balaban J connectivity index is 1.94. The molecule has 0 aliphatic rings. The second-order valence-corrected chi connectivity index (χ2v) is 7.65. The van der Waals surface area contributed by atoms with Gasteiger partial charge in [-0.1, -0.05) is 49.2 Å². The number of nitrogens with one attached hydrogen (secondary N) is 1. The Bertz CT molecular complexity index is 734. The van der Waals surface area contributed by atoms with E-state index in [-0.39, 0.29) is 0 Å². The molecule has 0 bridgehead atoms. The fourth-order valence-corrected chi connectivity index (χ4v) is 3.48. The van der Waals surface area contributed by atoms with Gasteiger partial charge in [0.25, 0.3) is 0 Å². The summed E-state index contributed by atoms with van der Waals surface area (Å²) in [5.74, 6) is 1.25. The first-order valence-corrected chi connectivity index (χ1v) is 11.1. The molecule has 2 aromatic rings. The van der Waals surface area contributed by atoms with Crippen LogP contribution in [0.25, 0.3) is 0 Å². The summed E-state index contributed by atoms with van der Waals surface area (Å²) in [5.41, 5.74) is 2.10. The van der Waals surface area contributed by atoms with Gasteiger partial charge in [0.05, 0.1) is 11.6 Å². The van der Waals surface area contributed by atoms with Crippen LogP contribution in [0, 0.1) is 0 Å². The average molecular weight is 439 g/mol. The Morgan fingerprint density at radius 1 is 0.931 bits per heavy atom. The average Bonchev–Trinajstić information content (AvgIpc) is 2.71. The lowest BCUT2D eigenvalue weighted by atomic mass is 10.2. The number of hydrogen-bond donors (Lipinski definition) is 1. The zero-order valence-corrected chi connectivity index (χ0v) is 19.2. The van der Waals surface area contributed by atoms with Gasteiger partial charge in [-0.2, -0.15) is 0 Å². The van der Waals surface area contributed by atoms with Crippen LogP contribution in [0.1, 0.15) is 38.3 Å². The van der Waals surface area contributed by atoms with E-state index in [1.807, 2.05) is 43.3 Å². The molecule has 0 saturated carbocycles. The third-order valence-electron chi connectivity index (χ3n) is 4.72. The molecule has 0 aliphatic carbocycles. The summed E-state index contributed by atoms with van der Waals surface area (Å²) < 4.78 is 11.8. The second-order valence-electron chi connectivity index (χ2n) is 6.81. The van der Waals surface area contributed by atoms with Crippen LogP contribution in [-0.4, -0.2) is 37.7 Å². The van der Waals surface area contributed by atoms with E-state index < -0.39 is 0 Å². The van der Waals surface area contributed by atoms with E-state index in [1.54, 1.807) is 0 Å². The molecule has 2 rings (SSSR count). The summed E-state index contributed by atoms with van der Waals surface area (Å²) in [4.78, 5) is 2.43. The monoisotopic (exact) mass is 438 g/mol. The standard InChI is InChI=1S/C23H32Cl2N2O2/c1-4-27(5-2)13-7-12-26-16-19-14-21(25)23(22(15-19)28-6-3)29-17-18-8-10-20(24)11-9-18/h8-11,14-15,26H,4-7,12-13,16-17H2,1-3H3. The highest BCUT2D eigenvalue weighted by atomic mass is 35.5. The van der Waals surface area contributed by atoms with Gasteiger partial charge in [-0.05, 0) is 74.9 Å². The number of nitrogens with zero attached hydrogens (tertiary/aromatic N) is 1. The molecule has 1 N–H and O–H groups in total. The first kappa shape index (κ1) is 23.8. The van der Waals surface area contributed by atoms with Crippen molar-refractivity contribution in [3.63, 3.8) is 0 Å². The SMILES string of the molecule is CCOc1cc(CNCCCN(CC)CC)cc(Cl)c1OCc1ccc(Cl)cc1. The van der Waals surface area contributed by atoms with Crippen molar-refractivity contribution < 1.29 is 9.47 Å². The predicted molar refractivity (Wildman–Crippen MR) is 123 cm³/mol. The quantitative estimate of drug-likeness (QED) is 0.401. The zero-order valence-electron chi connectivity index (χ0n) is 17.6. The summed E-state index contributed by atoms with van der Waals surface area (Å²) in [5, 5.41) is 4.75. The summed E-state index contributed by atoms with van der Waals surface area (Å²) in [7, 11) is 0. The van der Waals surface area contributed by atoms with Crippen LogP contribution in [0.5, 0.6) is 11.5 Å². The molecule has 6 heteroatoms. The molecule has 0 saturated heterocycles. The third-order valence-corrected chi connectivity index (χ3v) is 5.25. The number of benzene rings is 2. The van der Waals surface area contributed by atoms with Gasteiger partial charge < -0.3 is 19.7 Å². The van der Waals surface area contributed by atoms with Gasteiger partial charge in [-0.3, -0.25) is 0 Å². The van der Waals surface area contributed by atoms with Crippen molar-refractivity contribution in [2.75, 3.05) is 32.8 Å². The van der Waals surface area contributed by atoms with Gasteiger partial charge >= 0.3 is 0 Å². The third kappa shape index (κ3) is 8.06. The molecular formula is C23H32Cl2N2O2. The Kier molecular flexibility index (Phi) is 10.6. The van der Waals surface area contributed by atoms with E-state index in [1.165, 1.54) is 0 Å².